The summed E-state index contributed by atoms with van der Waals surface area (Å²) in [4.78, 5) is 28.7. The molecule has 1 aliphatic heterocycles. The van der Waals surface area contributed by atoms with E-state index in [0.29, 0.717) is 16.8 Å². The Morgan fingerprint density at radius 3 is 2.18 bits per heavy atom. The number of carbonyl (C=O) groups excluding carboxylic acids is 2. The standard InChI is InChI=1S/C21H25N3O4/c1-23-10-12-24(13-11-23)18-14-16(6-9-19(18)27-2)20(25)22-17-7-4-15(5-8-17)21(26)28-3/h4-9,14H,10-13H2,1-3H3,(H,22,25). The van der Waals surface area contributed by atoms with Gasteiger partial charge in [-0.15, -0.1) is 0 Å². The van der Waals surface area contributed by atoms with Crippen LogP contribution < -0.4 is 15.0 Å². The van der Waals surface area contributed by atoms with Crippen molar-refractivity contribution < 1.29 is 19.1 Å². The molecule has 1 amide bonds. The molecule has 0 aromatic heterocycles. The van der Waals surface area contributed by atoms with Crippen molar-refractivity contribution in [1.29, 1.82) is 0 Å². The van der Waals surface area contributed by atoms with Gasteiger partial charge in [-0.25, -0.2) is 4.79 Å². The highest BCUT2D eigenvalue weighted by Gasteiger charge is 2.19. The zero-order chi connectivity index (χ0) is 20.1. The lowest BCUT2D eigenvalue weighted by Crippen LogP contribution is -2.44. The van der Waals surface area contributed by atoms with Gasteiger partial charge in [-0.3, -0.25) is 4.79 Å². The lowest BCUT2D eigenvalue weighted by molar-refractivity contribution is 0.0600. The van der Waals surface area contributed by atoms with Crippen molar-refractivity contribution in [2.75, 3.05) is 57.7 Å². The van der Waals surface area contributed by atoms with Crippen molar-refractivity contribution in [3.8, 4) is 5.75 Å². The van der Waals surface area contributed by atoms with Crippen LogP contribution in [0.15, 0.2) is 42.5 Å². The van der Waals surface area contributed by atoms with Gasteiger partial charge in [0.2, 0.25) is 0 Å². The summed E-state index contributed by atoms with van der Waals surface area (Å²) >= 11 is 0. The van der Waals surface area contributed by atoms with E-state index in [0.717, 1.165) is 37.6 Å². The SMILES string of the molecule is COC(=O)c1ccc(NC(=O)c2ccc(OC)c(N3CCN(C)CC3)c2)cc1. The number of hydrogen-bond donors (Lipinski definition) is 1. The monoisotopic (exact) mass is 383 g/mol. The predicted molar refractivity (Wildman–Crippen MR) is 108 cm³/mol. The molecule has 1 heterocycles. The van der Waals surface area contributed by atoms with E-state index >= 15 is 0 Å². The molecule has 0 unspecified atom stereocenters. The average molecular weight is 383 g/mol. The van der Waals surface area contributed by atoms with Gasteiger partial charge >= 0.3 is 5.97 Å². The highest BCUT2D eigenvalue weighted by Crippen LogP contribution is 2.30. The number of nitrogens with zero attached hydrogens (tertiary/aromatic N) is 2. The van der Waals surface area contributed by atoms with Gasteiger partial charge in [0.15, 0.2) is 0 Å². The molecule has 1 aliphatic rings. The number of esters is 1. The minimum atomic E-state index is -0.412. The lowest BCUT2D eigenvalue weighted by Gasteiger charge is -2.34. The molecule has 7 heteroatoms. The summed E-state index contributed by atoms with van der Waals surface area (Å²) in [7, 11) is 5.07. The Balaban J connectivity index is 1.76. The predicted octanol–water partition coefficient (Wildman–Crippen LogP) is 2.49. The molecule has 148 valence electrons. The normalized spacial score (nSPS) is 14.5. The highest BCUT2D eigenvalue weighted by molar-refractivity contribution is 6.05. The molecule has 1 saturated heterocycles. The Bertz CT molecular complexity index is 843. The van der Waals surface area contributed by atoms with Gasteiger partial charge in [-0.05, 0) is 49.5 Å². The molecule has 0 spiro atoms. The largest absolute Gasteiger partial charge is 0.495 e. The smallest absolute Gasteiger partial charge is 0.337 e. The van der Waals surface area contributed by atoms with Crippen LogP contribution in [0, 0.1) is 0 Å². The first-order chi connectivity index (χ1) is 13.5. The van der Waals surface area contributed by atoms with Gasteiger partial charge in [0, 0.05) is 37.4 Å². The van der Waals surface area contributed by atoms with Gasteiger partial charge in [0.25, 0.3) is 5.91 Å². The van der Waals surface area contributed by atoms with E-state index in [2.05, 4.69) is 26.9 Å². The number of likely N-dealkylation sites (N-methyl/N-ethyl adjacent to an activating group) is 1. The quantitative estimate of drug-likeness (QED) is 0.800. The fourth-order valence-corrected chi connectivity index (χ4v) is 3.14. The van der Waals surface area contributed by atoms with Gasteiger partial charge in [0.05, 0.1) is 25.5 Å². The molecular weight excluding hydrogens is 358 g/mol. The minimum absolute atomic E-state index is 0.219. The fraction of sp³-hybridized carbons (Fsp3) is 0.333. The Morgan fingerprint density at radius 1 is 0.929 bits per heavy atom. The molecule has 0 aliphatic carbocycles. The number of carbonyl (C=O) groups is 2. The summed E-state index contributed by atoms with van der Waals surface area (Å²) in [5.74, 6) is 0.122. The fourth-order valence-electron chi connectivity index (χ4n) is 3.14. The van der Waals surface area contributed by atoms with Crippen molar-refractivity contribution in [1.82, 2.24) is 4.90 Å². The van der Waals surface area contributed by atoms with E-state index in [-0.39, 0.29) is 5.91 Å². The Hall–Kier alpha value is -3.06. The maximum absolute atomic E-state index is 12.7. The van der Waals surface area contributed by atoms with Crippen LogP contribution in [0.4, 0.5) is 11.4 Å². The third-order valence-electron chi connectivity index (χ3n) is 4.85. The van der Waals surface area contributed by atoms with E-state index in [1.807, 2.05) is 12.1 Å². The van der Waals surface area contributed by atoms with Crippen LogP contribution >= 0.6 is 0 Å². The number of hydrogen-bond acceptors (Lipinski definition) is 6. The highest BCUT2D eigenvalue weighted by atomic mass is 16.5. The van der Waals surface area contributed by atoms with Crippen LogP contribution in [0.3, 0.4) is 0 Å². The van der Waals surface area contributed by atoms with Gasteiger partial charge in [-0.1, -0.05) is 0 Å². The van der Waals surface area contributed by atoms with Crippen LogP contribution in [0.2, 0.25) is 0 Å². The number of benzene rings is 2. The molecule has 2 aromatic rings. The number of ether oxygens (including phenoxy) is 2. The van der Waals surface area contributed by atoms with Gasteiger partial charge < -0.3 is 24.6 Å². The lowest BCUT2D eigenvalue weighted by atomic mass is 10.1. The molecule has 2 aromatic carbocycles. The first-order valence-electron chi connectivity index (χ1n) is 9.13. The molecule has 1 N–H and O–H groups in total. The molecule has 0 radical (unpaired) electrons. The minimum Gasteiger partial charge on any atom is -0.495 e. The summed E-state index contributed by atoms with van der Waals surface area (Å²) in [6.45, 7) is 3.69. The van der Waals surface area contributed by atoms with Crippen LogP contribution in [0.5, 0.6) is 5.75 Å². The molecular formula is C21H25N3O4. The van der Waals surface area contributed by atoms with E-state index in [9.17, 15) is 9.59 Å². The average Bonchev–Trinajstić information content (AvgIpc) is 2.73. The topological polar surface area (TPSA) is 71.1 Å². The second-order valence-electron chi connectivity index (χ2n) is 6.70. The van der Waals surface area contributed by atoms with E-state index in [1.54, 1.807) is 37.4 Å². The Morgan fingerprint density at radius 2 is 1.57 bits per heavy atom. The summed E-state index contributed by atoms with van der Waals surface area (Å²) in [5, 5.41) is 2.86. The molecule has 0 saturated carbocycles. The maximum Gasteiger partial charge on any atom is 0.337 e. The van der Waals surface area contributed by atoms with E-state index < -0.39 is 5.97 Å². The third-order valence-corrected chi connectivity index (χ3v) is 4.85. The molecule has 7 nitrogen and oxygen atoms in total. The number of piperazine rings is 1. The van der Waals surface area contributed by atoms with Crippen molar-refractivity contribution >= 4 is 23.3 Å². The first-order valence-corrected chi connectivity index (χ1v) is 9.13. The summed E-state index contributed by atoms with van der Waals surface area (Å²) in [6.07, 6.45) is 0. The molecule has 1 fully saturated rings. The summed E-state index contributed by atoms with van der Waals surface area (Å²) < 4.78 is 10.2. The number of nitrogens with one attached hydrogen (secondary N) is 1. The maximum atomic E-state index is 12.7. The number of rotatable bonds is 5. The van der Waals surface area contributed by atoms with Crippen LogP contribution in [0.1, 0.15) is 20.7 Å². The van der Waals surface area contributed by atoms with Crippen LogP contribution in [-0.4, -0.2) is 64.2 Å². The number of anilines is 2. The first kappa shape index (κ1) is 19.7. The Kier molecular flexibility index (Phi) is 6.16. The van der Waals surface area contributed by atoms with Crippen molar-refractivity contribution in [3.63, 3.8) is 0 Å². The zero-order valence-corrected chi connectivity index (χ0v) is 16.4. The number of methoxy groups -OCH3 is 2. The van der Waals surface area contributed by atoms with Crippen LogP contribution in [0.25, 0.3) is 0 Å². The van der Waals surface area contributed by atoms with Gasteiger partial charge in [-0.2, -0.15) is 0 Å². The van der Waals surface area contributed by atoms with Crippen LogP contribution in [-0.2, 0) is 4.74 Å². The Labute approximate surface area is 164 Å². The zero-order valence-electron chi connectivity index (χ0n) is 16.4. The van der Waals surface area contributed by atoms with Gasteiger partial charge in [0.1, 0.15) is 5.75 Å². The molecule has 3 rings (SSSR count). The summed E-state index contributed by atoms with van der Waals surface area (Å²) in [6, 6.07) is 12.0. The summed E-state index contributed by atoms with van der Waals surface area (Å²) in [5.41, 5.74) is 2.51. The van der Waals surface area contributed by atoms with Crippen molar-refractivity contribution in [2.24, 2.45) is 0 Å². The molecule has 0 bridgehead atoms. The second-order valence-corrected chi connectivity index (χ2v) is 6.70. The van der Waals surface area contributed by atoms with Crippen molar-refractivity contribution in [2.45, 2.75) is 0 Å². The van der Waals surface area contributed by atoms with E-state index in [1.165, 1.54) is 7.11 Å². The molecule has 0 atom stereocenters. The molecule has 28 heavy (non-hydrogen) atoms. The number of amides is 1. The van der Waals surface area contributed by atoms with E-state index in [4.69, 9.17) is 4.74 Å². The third kappa shape index (κ3) is 4.43. The second kappa shape index (κ2) is 8.75. The van der Waals surface area contributed by atoms with Crippen molar-refractivity contribution in [3.05, 3.63) is 53.6 Å².